The highest BCUT2D eigenvalue weighted by Gasteiger charge is 2.36. The number of nitrogens with zero attached hydrogens (tertiary/aromatic N) is 1. The number of hydrogen-bond donors (Lipinski definition) is 2. The van der Waals surface area contributed by atoms with Gasteiger partial charge >= 0.3 is 0 Å². The number of amides is 2. The van der Waals surface area contributed by atoms with Crippen LogP contribution in [0.1, 0.15) is 51.5 Å². The molecule has 2 N–H and O–H groups in total. The van der Waals surface area contributed by atoms with Gasteiger partial charge in [0.05, 0.1) is 23.8 Å². The molecule has 3 rings (SSSR count). The van der Waals surface area contributed by atoms with E-state index in [1.54, 1.807) is 24.3 Å². The molecule has 2 amide bonds. The molecule has 2 aromatic carbocycles. The molecular weight excluding hydrogens is 598 g/mol. The molecule has 11 heteroatoms. The molecule has 0 aliphatic carbocycles. The summed E-state index contributed by atoms with van der Waals surface area (Å²) in [6, 6.07) is 16.1. The van der Waals surface area contributed by atoms with Crippen LogP contribution in [0.25, 0.3) is 6.08 Å². The highest BCUT2D eigenvalue weighted by molar-refractivity contribution is 9.10. The van der Waals surface area contributed by atoms with Crippen LogP contribution in [0.5, 0.6) is 0 Å². The number of carbonyl (C=O) groups is 2. The van der Waals surface area contributed by atoms with Crippen LogP contribution in [0, 0.1) is 17.8 Å². The van der Waals surface area contributed by atoms with Crippen molar-refractivity contribution in [1.29, 1.82) is 0 Å². The number of halogens is 1. The SMILES string of the molecule is CC(C)C[C@@H](C(=O)NN(c1ccc(Br)cc1)S(C)(=O)=O)[C@H](CC=Cc1ccccc1)C(=O)NOC1CCCCO1. The maximum absolute atomic E-state index is 13.8. The van der Waals surface area contributed by atoms with E-state index < -0.39 is 40.0 Å². The lowest BCUT2D eigenvalue weighted by Crippen LogP contribution is -2.51. The van der Waals surface area contributed by atoms with Crippen molar-refractivity contribution in [1.82, 2.24) is 10.9 Å². The van der Waals surface area contributed by atoms with Gasteiger partial charge in [-0.3, -0.25) is 15.0 Å². The van der Waals surface area contributed by atoms with Crippen LogP contribution in [0.4, 0.5) is 5.69 Å². The van der Waals surface area contributed by atoms with Crippen molar-refractivity contribution in [3.8, 4) is 0 Å². The van der Waals surface area contributed by atoms with E-state index in [-0.39, 0.29) is 18.0 Å². The van der Waals surface area contributed by atoms with Gasteiger partial charge in [-0.15, -0.1) is 0 Å². The zero-order valence-electron chi connectivity index (χ0n) is 23.1. The molecule has 0 spiro atoms. The summed E-state index contributed by atoms with van der Waals surface area (Å²) in [5.41, 5.74) is 6.31. The van der Waals surface area contributed by atoms with Gasteiger partial charge in [0.1, 0.15) is 0 Å². The van der Waals surface area contributed by atoms with Gasteiger partial charge in [0.25, 0.3) is 0 Å². The molecule has 0 radical (unpaired) electrons. The summed E-state index contributed by atoms with van der Waals surface area (Å²) in [4.78, 5) is 32.8. The van der Waals surface area contributed by atoms with E-state index in [1.807, 2.05) is 56.3 Å². The van der Waals surface area contributed by atoms with Gasteiger partial charge in [-0.05, 0) is 61.4 Å². The number of sulfonamides is 1. The van der Waals surface area contributed by atoms with Crippen LogP contribution in [0.3, 0.4) is 0 Å². The van der Waals surface area contributed by atoms with Crippen molar-refractivity contribution >= 4 is 49.5 Å². The fourth-order valence-corrected chi connectivity index (χ4v) is 5.46. The summed E-state index contributed by atoms with van der Waals surface area (Å²) in [5, 5.41) is 0. The van der Waals surface area contributed by atoms with E-state index in [1.165, 1.54) is 0 Å². The predicted molar refractivity (Wildman–Crippen MR) is 159 cm³/mol. The normalized spacial score (nSPS) is 17.4. The maximum atomic E-state index is 13.8. The molecule has 0 bridgehead atoms. The number of hydrogen-bond acceptors (Lipinski definition) is 6. The Morgan fingerprint density at radius 3 is 2.38 bits per heavy atom. The molecule has 1 unspecified atom stereocenters. The zero-order valence-corrected chi connectivity index (χ0v) is 25.5. The Balaban J connectivity index is 1.87. The number of carbonyl (C=O) groups excluding carboxylic acids is 2. The van der Waals surface area contributed by atoms with Crippen molar-refractivity contribution in [3.63, 3.8) is 0 Å². The average Bonchev–Trinajstić information content (AvgIpc) is 2.92. The standard InChI is InChI=1S/C29H38BrN3O6S/c1-21(2)20-26(28(34)31-33(40(3,36)37)24-17-15-23(30)16-18-24)25(13-9-12-22-10-5-4-6-11-22)29(35)32-39-27-14-7-8-19-38-27/h4-6,9-12,15-18,21,25-27H,7-8,13-14,19-20H2,1-3H3,(H,31,34)(H,32,35)/t25-,26+,27?/m0/s1. The van der Waals surface area contributed by atoms with E-state index in [2.05, 4.69) is 26.8 Å². The Kier molecular flexibility index (Phi) is 12.2. The first-order chi connectivity index (χ1) is 19.0. The molecule has 3 atom stereocenters. The Morgan fingerprint density at radius 1 is 1.07 bits per heavy atom. The highest BCUT2D eigenvalue weighted by atomic mass is 79.9. The first-order valence-electron chi connectivity index (χ1n) is 13.4. The Hall–Kier alpha value is -2.73. The fourth-order valence-electron chi connectivity index (χ4n) is 4.43. The van der Waals surface area contributed by atoms with E-state index >= 15 is 0 Å². The van der Waals surface area contributed by atoms with Crippen LogP contribution >= 0.6 is 15.9 Å². The predicted octanol–water partition coefficient (Wildman–Crippen LogP) is 5.20. The second-order valence-electron chi connectivity index (χ2n) is 10.3. The quantitative estimate of drug-likeness (QED) is 0.292. The van der Waals surface area contributed by atoms with Crippen molar-refractivity contribution in [2.45, 2.75) is 52.2 Å². The molecule has 0 saturated carbocycles. The van der Waals surface area contributed by atoms with Gasteiger partial charge in [0, 0.05) is 17.5 Å². The van der Waals surface area contributed by atoms with Crippen molar-refractivity contribution < 1.29 is 27.6 Å². The first kappa shape index (κ1) is 31.8. The summed E-state index contributed by atoms with van der Waals surface area (Å²) in [7, 11) is -3.88. The summed E-state index contributed by atoms with van der Waals surface area (Å²) in [6.45, 7) is 4.45. The Morgan fingerprint density at radius 2 is 1.77 bits per heavy atom. The molecule has 1 heterocycles. The van der Waals surface area contributed by atoms with Gasteiger partial charge in [0.2, 0.25) is 21.8 Å². The Bertz CT molecular complexity index is 1230. The van der Waals surface area contributed by atoms with Gasteiger partial charge in [-0.2, -0.15) is 4.41 Å². The van der Waals surface area contributed by atoms with E-state index in [0.717, 1.165) is 33.5 Å². The molecular formula is C29H38BrN3O6S. The molecule has 40 heavy (non-hydrogen) atoms. The smallest absolute Gasteiger partial charge is 0.249 e. The molecule has 9 nitrogen and oxygen atoms in total. The maximum Gasteiger partial charge on any atom is 0.249 e. The molecule has 1 saturated heterocycles. The topological polar surface area (TPSA) is 114 Å². The summed E-state index contributed by atoms with van der Waals surface area (Å²) >= 11 is 3.34. The van der Waals surface area contributed by atoms with E-state index in [0.29, 0.717) is 19.4 Å². The number of rotatable bonds is 13. The number of hydroxylamine groups is 1. The molecule has 2 aromatic rings. The third-order valence-electron chi connectivity index (χ3n) is 6.42. The van der Waals surface area contributed by atoms with Crippen LogP contribution in [-0.4, -0.2) is 39.4 Å². The summed E-state index contributed by atoms with van der Waals surface area (Å²) in [5.74, 6) is -2.69. The number of benzene rings is 2. The molecule has 0 aromatic heterocycles. The lowest BCUT2D eigenvalue weighted by Gasteiger charge is -2.30. The van der Waals surface area contributed by atoms with Gasteiger partial charge in [-0.25, -0.2) is 18.7 Å². The first-order valence-corrected chi connectivity index (χ1v) is 16.0. The van der Waals surface area contributed by atoms with Gasteiger partial charge in [-0.1, -0.05) is 72.3 Å². The third-order valence-corrected chi connectivity index (χ3v) is 7.91. The van der Waals surface area contributed by atoms with Crippen LogP contribution < -0.4 is 15.3 Å². The van der Waals surface area contributed by atoms with E-state index in [4.69, 9.17) is 9.57 Å². The fraction of sp³-hybridized carbons (Fsp3) is 0.448. The average molecular weight is 637 g/mol. The number of anilines is 1. The zero-order chi connectivity index (χ0) is 29.1. The molecule has 218 valence electrons. The molecule has 1 aliphatic rings. The minimum absolute atomic E-state index is 0.0473. The second kappa shape index (κ2) is 15.3. The second-order valence-corrected chi connectivity index (χ2v) is 13.0. The van der Waals surface area contributed by atoms with Crippen molar-refractivity contribution in [2.24, 2.45) is 17.8 Å². The van der Waals surface area contributed by atoms with Gasteiger partial charge in [0.15, 0.2) is 6.29 Å². The van der Waals surface area contributed by atoms with Crippen LogP contribution in [0.15, 0.2) is 65.1 Å². The van der Waals surface area contributed by atoms with Gasteiger partial charge < -0.3 is 4.74 Å². The number of ether oxygens (including phenoxy) is 1. The lowest BCUT2D eigenvalue weighted by atomic mass is 9.82. The lowest BCUT2D eigenvalue weighted by molar-refractivity contribution is -0.203. The molecule has 1 fully saturated rings. The third kappa shape index (κ3) is 10.0. The summed E-state index contributed by atoms with van der Waals surface area (Å²) < 4.78 is 32.5. The minimum Gasteiger partial charge on any atom is -0.350 e. The largest absolute Gasteiger partial charge is 0.350 e. The van der Waals surface area contributed by atoms with Crippen molar-refractivity contribution in [3.05, 3.63) is 70.7 Å². The monoisotopic (exact) mass is 635 g/mol. The van der Waals surface area contributed by atoms with Crippen molar-refractivity contribution in [2.75, 3.05) is 17.3 Å². The van der Waals surface area contributed by atoms with E-state index in [9.17, 15) is 18.0 Å². The summed E-state index contributed by atoms with van der Waals surface area (Å²) in [6.07, 6.45) is 7.31. The number of hydrazine groups is 1. The van der Waals surface area contributed by atoms with Crippen LogP contribution in [0.2, 0.25) is 0 Å². The van der Waals surface area contributed by atoms with Crippen LogP contribution in [-0.2, 0) is 29.2 Å². The highest BCUT2D eigenvalue weighted by Crippen LogP contribution is 2.27. The minimum atomic E-state index is -3.88. The Labute approximate surface area is 245 Å². The molecule has 1 aliphatic heterocycles. The number of nitrogens with one attached hydrogen (secondary N) is 2. The number of allylic oxidation sites excluding steroid dienone is 1.